The number of ether oxygens (including phenoxy) is 1. The van der Waals surface area contributed by atoms with Crippen LogP contribution in [0.4, 0.5) is 5.69 Å². The lowest BCUT2D eigenvalue weighted by molar-refractivity contribution is -0.169. The van der Waals surface area contributed by atoms with Gasteiger partial charge < -0.3 is 9.84 Å². The Balaban J connectivity index is 1.46. The van der Waals surface area contributed by atoms with Gasteiger partial charge in [-0.1, -0.05) is 55.5 Å². The van der Waals surface area contributed by atoms with Gasteiger partial charge in [-0.15, -0.1) is 0 Å². The summed E-state index contributed by atoms with van der Waals surface area (Å²) in [4.78, 5) is 33.5. The first kappa shape index (κ1) is 21.6. The summed E-state index contributed by atoms with van der Waals surface area (Å²) in [7, 11) is 0. The predicted molar refractivity (Wildman–Crippen MR) is 126 cm³/mol. The number of anilines is 1. The first-order valence-corrected chi connectivity index (χ1v) is 12.1. The highest BCUT2D eigenvalue weighted by Gasteiger charge is 2.74. The van der Waals surface area contributed by atoms with Gasteiger partial charge >= 0.3 is 5.97 Å². The maximum atomic E-state index is 13.7. The lowest BCUT2D eigenvalue weighted by Gasteiger charge is -2.43. The van der Waals surface area contributed by atoms with Crippen LogP contribution in [0.1, 0.15) is 44.7 Å². The average Bonchev–Trinajstić information content (AvgIpc) is 3.45. The molecule has 176 valence electrons. The molecule has 2 aromatic carbocycles. The van der Waals surface area contributed by atoms with Crippen molar-refractivity contribution in [3.05, 3.63) is 78.4 Å². The molecule has 34 heavy (non-hydrogen) atoms. The summed E-state index contributed by atoms with van der Waals surface area (Å²) in [6.07, 6.45) is 4.01. The molecule has 1 saturated carbocycles. The number of para-hydroxylation sites is 1. The van der Waals surface area contributed by atoms with Crippen molar-refractivity contribution in [3.8, 4) is 0 Å². The maximum absolute atomic E-state index is 13.7. The molecule has 1 spiro atoms. The average molecular weight is 460 g/mol. The molecular formula is C28H29NO5. The highest BCUT2D eigenvalue weighted by Crippen LogP contribution is 2.61. The summed E-state index contributed by atoms with van der Waals surface area (Å²) in [6, 6.07) is 19.6. The Hall–Kier alpha value is -2.96. The Kier molecular flexibility index (Phi) is 4.61. The molecular weight excluding hydrogens is 430 g/mol. The van der Waals surface area contributed by atoms with E-state index in [2.05, 4.69) is 0 Å². The summed E-state index contributed by atoms with van der Waals surface area (Å²) >= 11 is 0. The van der Waals surface area contributed by atoms with Crippen LogP contribution in [0.2, 0.25) is 0 Å². The molecule has 6 nitrogen and oxygen atoms in total. The second-order valence-corrected chi connectivity index (χ2v) is 10.4. The van der Waals surface area contributed by atoms with Gasteiger partial charge in [0.05, 0.1) is 17.1 Å². The summed E-state index contributed by atoms with van der Waals surface area (Å²) in [5, 5.41) is 13.5. The van der Waals surface area contributed by atoms with Crippen LogP contribution in [0, 0.1) is 17.3 Å². The van der Waals surface area contributed by atoms with Gasteiger partial charge in [-0.3, -0.25) is 9.63 Å². The number of fused-ring (bicyclic) bond motifs is 4. The lowest BCUT2D eigenvalue weighted by atomic mass is 9.63. The lowest BCUT2D eigenvalue weighted by Crippen LogP contribution is -2.57. The van der Waals surface area contributed by atoms with E-state index in [1.54, 1.807) is 13.0 Å². The molecule has 4 aliphatic rings. The third-order valence-corrected chi connectivity index (χ3v) is 8.84. The molecule has 1 N–H and O–H groups in total. The Labute approximate surface area is 199 Å². The Morgan fingerprint density at radius 2 is 1.68 bits per heavy atom. The van der Waals surface area contributed by atoms with E-state index in [1.807, 2.05) is 72.7 Å². The van der Waals surface area contributed by atoms with Crippen LogP contribution in [0.5, 0.6) is 0 Å². The molecule has 0 bridgehead atoms. The summed E-state index contributed by atoms with van der Waals surface area (Å²) < 4.78 is 6.04. The highest BCUT2D eigenvalue weighted by atomic mass is 16.7. The minimum atomic E-state index is -1.36. The molecule has 2 aliphatic heterocycles. The molecule has 6 rings (SSSR count). The van der Waals surface area contributed by atoms with Crippen molar-refractivity contribution in [2.75, 3.05) is 5.06 Å². The fraction of sp³-hybridized carbons (Fsp3) is 0.429. The van der Waals surface area contributed by atoms with Crippen molar-refractivity contribution < 1.29 is 24.3 Å². The van der Waals surface area contributed by atoms with Gasteiger partial charge in [0.1, 0.15) is 11.7 Å². The van der Waals surface area contributed by atoms with Crippen LogP contribution in [-0.4, -0.2) is 34.2 Å². The normalized spacial score (nSPS) is 40.9. The van der Waals surface area contributed by atoms with Crippen molar-refractivity contribution in [2.24, 2.45) is 17.3 Å². The zero-order valence-corrected chi connectivity index (χ0v) is 19.4. The van der Waals surface area contributed by atoms with E-state index in [0.717, 1.165) is 11.3 Å². The standard InChI is InChI=1S/C28H29NO5/c1-18-13-14-21-24(26(2)23(30)15-16-28(18,26)32)33-25(31)27(21)17-22(19-9-5-3-6-10-19)29(34-27)20-11-7-4-8-12-20/h3-12,15-16,18,21-22,24,32H,13-14,17H2,1-2H3/t18-,21+,22?,24+,26-,27-,28+/m0/s1. The van der Waals surface area contributed by atoms with Gasteiger partial charge in [-0.25, -0.2) is 9.86 Å². The van der Waals surface area contributed by atoms with Gasteiger partial charge in [0.2, 0.25) is 5.60 Å². The van der Waals surface area contributed by atoms with Crippen molar-refractivity contribution in [1.82, 2.24) is 0 Å². The van der Waals surface area contributed by atoms with Crippen LogP contribution in [0.15, 0.2) is 72.8 Å². The molecule has 0 amide bonds. The van der Waals surface area contributed by atoms with Gasteiger partial charge in [0.15, 0.2) is 5.78 Å². The molecule has 0 radical (unpaired) electrons. The fourth-order valence-corrected chi connectivity index (χ4v) is 6.76. The van der Waals surface area contributed by atoms with E-state index in [9.17, 15) is 14.7 Å². The maximum Gasteiger partial charge on any atom is 0.342 e. The molecule has 2 saturated heterocycles. The largest absolute Gasteiger partial charge is 0.459 e. The summed E-state index contributed by atoms with van der Waals surface area (Å²) in [5.41, 5.74) is -1.92. The van der Waals surface area contributed by atoms with Gasteiger partial charge in [0, 0.05) is 12.3 Å². The van der Waals surface area contributed by atoms with E-state index in [4.69, 9.17) is 9.57 Å². The summed E-state index contributed by atoms with van der Waals surface area (Å²) in [5.74, 6) is -1.15. The molecule has 1 unspecified atom stereocenters. The third-order valence-electron chi connectivity index (χ3n) is 8.84. The van der Waals surface area contributed by atoms with Crippen molar-refractivity contribution in [3.63, 3.8) is 0 Å². The third kappa shape index (κ3) is 2.64. The molecule has 3 fully saturated rings. The Morgan fingerprint density at radius 1 is 1.00 bits per heavy atom. The van der Waals surface area contributed by atoms with Gasteiger partial charge in [0.25, 0.3) is 0 Å². The van der Waals surface area contributed by atoms with Crippen molar-refractivity contribution >= 4 is 17.4 Å². The number of ketones is 1. The molecule has 6 heteroatoms. The number of rotatable bonds is 2. The van der Waals surface area contributed by atoms with Crippen LogP contribution >= 0.6 is 0 Å². The Bertz CT molecular complexity index is 1120. The topological polar surface area (TPSA) is 76.1 Å². The van der Waals surface area contributed by atoms with Crippen molar-refractivity contribution in [2.45, 2.75) is 56.5 Å². The number of hydroxylamine groups is 1. The number of aliphatic hydroxyl groups is 1. The highest BCUT2D eigenvalue weighted by molar-refractivity contribution is 6.00. The first-order valence-electron chi connectivity index (χ1n) is 12.1. The number of carbonyl (C=O) groups is 2. The number of nitrogens with zero attached hydrogens (tertiary/aromatic N) is 1. The van der Waals surface area contributed by atoms with Crippen LogP contribution in [0.25, 0.3) is 0 Å². The quantitative estimate of drug-likeness (QED) is 0.680. The van der Waals surface area contributed by atoms with Crippen LogP contribution < -0.4 is 5.06 Å². The smallest absolute Gasteiger partial charge is 0.342 e. The number of hydrogen-bond donors (Lipinski definition) is 1. The van der Waals surface area contributed by atoms with Crippen LogP contribution in [-0.2, 0) is 19.2 Å². The number of carbonyl (C=O) groups excluding carboxylic acids is 2. The predicted octanol–water partition coefficient (Wildman–Crippen LogP) is 4.16. The fourth-order valence-electron chi connectivity index (χ4n) is 6.76. The number of esters is 1. The Morgan fingerprint density at radius 3 is 2.38 bits per heavy atom. The molecule has 0 aromatic heterocycles. The van der Waals surface area contributed by atoms with E-state index < -0.39 is 28.7 Å². The zero-order chi connectivity index (χ0) is 23.7. The van der Waals surface area contributed by atoms with E-state index in [1.165, 1.54) is 6.08 Å². The SMILES string of the molecule is C[C@H]1CC[C@@H]2[C@@H](OC(=O)[C@]23CC(c2ccccc2)N(c2ccccc2)O3)[C@]2(C)C(=O)C=C[C@@]12O. The van der Waals surface area contributed by atoms with E-state index in [-0.39, 0.29) is 23.7 Å². The second-order valence-electron chi connectivity index (χ2n) is 10.4. The minimum Gasteiger partial charge on any atom is -0.459 e. The monoisotopic (exact) mass is 459 g/mol. The number of hydrogen-bond acceptors (Lipinski definition) is 6. The van der Waals surface area contributed by atoms with Gasteiger partial charge in [-0.2, -0.15) is 0 Å². The van der Waals surface area contributed by atoms with Crippen molar-refractivity contribution in [1.29, 1.82) is 0 Å². The minimum absolute atomic E-state index is 0.155. The molecule has 2 aliphatic carbocycles. The van der Waals surface area contributed by atoms with Gasteiger partial charge in [-0.05, 0) is 55.5 Å². The number of benzene rings is 2. The summed E-state index contributed by atoms with van der Waals surface area (Å²) in [6.45, 7) is 3.72. The second kappa shape index (κ2) is 7.27. The first-order chi connectivity index (χ1) is 16.3. The van der Waals surface area contributed by atoms with E-state index in [0.29, 0.717) is 19.3 Å². The zero-order valence-electron chi connectivity index (χ0n) is 19.4. The number of allylic oxidation sites excluding steroid dienone is 1. The molecule has 2 heterocycles. The van der Waals surface area contributed by atoms with E-state index >= 15 is 0 Å². The van der Waals surface area contributed by atoms with Crippen LogP contribution in [0.3, 0.4) is 0 Å². The molecule has 2 aromatic rings. The molecule has 7 atom stereocenters.